The summed E-state index contributed by atoms with van der Waals surface area (Å²) in [5, 5.41) is 0. The highest BCUT2D eigenvalue weighted by Crippen LogP contribution is 2.08. The van der Waals surface area contributed by atoms with E-state index in [1.807, 2.05) is 0 Å². The Morgan fingerprint density at radius 1 is 1.14 bits per heavy atom. The van der Waals surface area contributed by atoms with Gasteiger partial charge in [0.25, 0.3) is 0 Å². The Labute approximate surface area is 90.7 Å². The molecule has 1 aliphatic heterocycles. The second-order valence-electron chi connectivity index (χ2n) is 4.76. The Morgan fingerprint density at radius 3 is 2.07 bits per heavy atom. The predicted octanol–water partition coefficient (Wildman–Crippen LogP) is 1.10. The fourth-order valence-corrected chi connectivity index (χ4v) is 1.93. The normalized spacial score (nSPS) is 19.9. The van der Waals surface area contributed by atoms with Crippen LogP contribution in [0.5, 0.6) is 0 Å². The molecule has 0 spiro atoms. The molecule has 0 aromatic rings. The Morgan fingerprint density at radius 2 is 1.64 bits per heavy atom. The van der Waals surface area contributed by atoms with Crippen LogP contribution in [0.1, 0.15) is 20.8 Å². The molecule has 1 heterocycles. The minimum Gasteiger partial charge on any atom is -0.308 e. The fraction of sp³-hybridized carbons (Fsp3) is 1.00. The van der Waals surface area contributed by atoms with E-state index in [0.717, 1.165) is 13.1 Å². The van der Waals surface area contributed by atoms with Crippen LogP contribution in [0.2, 0.25) is 0 Å². The van der Waals surface area contributed by atoms with E-state index in [9.17, 15) is 0 Å². The smallest absolute Gasteiger partial charge is 0.308 e. The van der Waals surface area contributed by atoms with Crippen molar-refractivity contribution >= 4 is 18.5 Å². The van der Waals surface area contributed by atoms with Crippen molar-refractivity contribution in [3.05, 3.63) is 0 Å². The van der Waals surface area contributed by atoms with E-state index in [1.165, 1.54) is 11.4 Å². The van der Waals surface area contributed by atoms with Gasteiger partial charge in [0.15, 0.2) is 0 Å². The zero-order chi connectivity index (χ0) is 10.8. The third kappa shape index (κ3) is 3.51. The van der Waals surface area contributed by atoms with E-state index in [4.69, 9.17) is 0 Å². The first kappa shape index (κ1) is 11.9. The molecule has 0 atom stereocenters. The molecule has 0 aromatic carbocycles. The van der Waals surface area contributed by atoms with Crippen molar-refractivity contribution in [1.29, 1.82) is 0 Å². The largest absolute Gasteiger partial charge is 0.468 e. The average Bonchev–Trinajstić information content (AvgIpc) is 2.33. The number of nitrogens with zero attached hydrogens (tertiary/aromatic N) is 4. The second-order valence-corrected chi connectivity index (χ2v) is 5.31. The van der Waals surface area contributed by atoms with Crippen LogP contribution in [0.25, 0.3) is 0 Å². The molecule has 0 amide bonds. The molecule has 0 radical (unpaired) electrons. The zero-order valence-electron chi connectivity index (χ0n) is 9.69. The highest BCUT2D eigenvalue weighted by molar-refractivity contribution is 7.58. The predicted molar refractivity (Wildman–Crippen MR) is 63.0 cm³/mol. The van der Waals surface area contributed by atoms with Crippen LogP contribution in [-0.2, 0) is 11.4 Å². The molecule has 0 bridgehead atoms. The number of likely N-dealkylation sites (N-methyl/N-ethyl adjacent to an activating group) is 2. The van der Waals surface area contributed by atoms with Gasteiger partial charge in [-0.15, -0.1) is 0 Å². The Balaban J connectivity index is 2.63. The maximum absolute atomic E-state index is 4.47. The van der Waals surface area contributed by atoms with Crippen molar-refractivity contribution in [1.82, 2.24) is 9.62 Å². The van der Waals surface area contributed by atoms with Crippen LogP contribution in [0.4, 0.5) is 0 Å². The van der Waals surface area contributed by atoms with Gasteiger partial charge < -0.3 is 9.62 Å². The molecule has 0 aromatic heterocycles. The van der Waals surface area contributed by atoms with E-state index < -0.39 is 0 Å². The van der Waals surface area contributed by atoms with Crippen molar-refractivity contribution in [3.63, 3.8) is 0 Å². The van der Waals surface area contributed by atoms with E-state index in [1.54, 1.807) is 0 Å². The molecular formula is C8H19BN4S. The first-order valence-electron chi connectivity index (χ1n) is 4.89. The van der Waals surface area contributed by atoms with Crippen molar-refractivity contribution in [3.8, 4) is 0 Å². The molecule has 0 unspecified atom stereocenters. The van der Waals surface area contributed by atoms with Crippen molar-refractivity contribution in [2.75, 3.05) is 27.2 Å². The minimum absolute atomic E-state index is 0.0100. The number of rotatable bonds is 1. The van der Waals surface area contributed by atoms with Gasteiger partial charge >= 0.3 is 7.12 Å². The molecule has 1 saturated heterocycles. The first-order chi connectivity index (χ1) is 6.40. The molecular weight excluding hydrogens is 195 g/mol. The van der Waals surface area contributed by atoms with Gasteiger partial charge in [-0.1, -0.05) is 0 Å². The Kier molecular flexibility index (Phi) is 3.86. The fourth-order valence-electron chi connectivity index (χ4n) is 1.23. The van der Waals surface area contributed by atoms with Gasteiger partial charge in [-0.3, -0.25) is 0 Å². The van der Waals surface area contributed by atoms with Gasteiger partial charge in [0.2, 0.25) is 0 Å². The Hall–Kier alpha value is -0.195. The van der Waals surface area contributed by atoms with Crippen molar-refractivity contribution < 1.29 is 0 Å². The lowest BCUT2D eigenvalue weighted by molar-refractivity contribution is 0.553. The van der Waals surface area contributed by atoms with Crippen molar-refractivity contribution in [2.45, 2.75) is 26.3 Å². The van der Waals surface area contributed by atoms with Gasteiger partial charge in [-0.2, -0.15) is 0 Å². The Bertz CT molecular complexity index is 247. The summed E-state index contributed by atoms with van der Waals surface area (Å²) in [7, 11) is 4.37. The lowest BCUT2D eigenvalue weighted by Gasteiger charge is -2.13. The highest BCUT2D eigenvalue weighted by Gasteiger charge is 2.31. The molecule has 6 heteroatoms. The van der Waals surface area contributed by atoms with Crippen LogP contribution in [-0.4, -0.2) is 49.5 Å². The average molecular weight is 214 g/mol. The van der Waals surface area contributed by atoms with E-state index in [-0.39, 0.29) is 12.7 Å². The molecule has 80 valence electrons. The van der Waals surface area contributed by atoms with E-state index in [2.05, 4.69) is 53.1 Å². The summed E-state index contributed by atoms with van der Waals surface area (Å²) < 4.78 is 8.86. The molecule has 1 fully saturated rings. The highest BCUT2D eigenvalue weighted by atomic mass is 32.1. The molecule has 0 saturated carbocycles. The van der Waals surface area contributed by atoms with Gasteiger partial charge in [0.1, 0.15) is 0 Å². The molecule has 0 N–H and O–H groups in total. The summed E-state index contributed by atoms with van der Waals surface area (Å²) in [6.07, 6.45) is 0. The monoisotopic (exact) mass is 214 g/mol. The van der Waals surface area contributed by atoms with E-state index in [0.29, 0.717) is 0 Å². The zero-order valence-corrected chi connectivity index (χ0v) is 10.5. The number of hydrogen-bond donors (Lipinski definition) is 0. The summed E-state index contributed by atoms with van der Waals surface area (Å²) in [6, 6.07) is 0. The molecule has 1 rings (SSSR count). The summed E-state index contributed by atoms with van der Waals surface area (Å²) in [4.78, 5) is 4.45. The molecule has 4 nitrogen and oxygen atoms in total. The van der Waals surface area contributed by atoms with Crippen molar-refractivity contribution in [2.24, 2.45) is 8.64 Å². The third-order valence-corrected chi connectivity index (χ3v) is 2.96. The first-order valence-corrected chi connectivity index (χ1v) is 5.62. The van der Waals surface area contributed by atoms with Gasteiger partial charge in [-0.25, -0.2) is 8.64 Å². The summed E-state index contributed by atoms with van der Waals surface area (Å²) >= 11 is 1.33. The maximum atomic E-state index is 4.47. The van der Waals surface area contributed by atoms with Crippen LogP contribution in [0.3, 0.4) is 0 Å². The number of hydrogen-bond acceptors (Lipinski definition) is 4. The topological polar surface area (TPSA) is 31.2 Å². The van der Waals surface area contributed by atoms with Gasteiger partial charge in [-0.05, 0) is 34.9 Å². The lowest BCUT2D eigenvalue weighted by Crippen LogP contribution is -2.37. The molecule has 0 aliphatic carbocycles. The van der Waals surface area contributed by atoms with Gasteiger partial charge in [0.05, 0.1) is 5.54 Å². The summed E-state index contributed by atoms with van der Waals surface area (Å²) in [5.74, 6) is 0. The van der Waals surface area contributed by atoms with Gasteiger partial charge in [0, 0.05) is 24.4 Å². The molecule has 14 heavy (non-hydrogen) atoms. The summed E-state index contributed by atoms with van der Waals surface area (Å²) in [6.45, 7) is 8.41. The quantitative estimate of drug-likeness (QED) is 0.612. The van der Waals surface area contributed by atoms with Crippen LogP contribution in [0, 0.1) is 0 Å². The lowest BCUT2D eigenvalue weighted by atomic mass is 9.95. The SMILES string of the molecule is CN1CCN(C)B1N=S=NC(C)(C)C. The van der Waals surface area contributed by atoms with Crippen LogP contribution < -0.4 is 0 Å². The van der Waals surface area contributed by atoms with Crippen LogP contribution in [0.15, 0.2) is 8.64 Å². The van der Waals surface area contributed by atoms with Crippen LogP contribution >= 0.6 is 0 Å². The standard InChI is InChI=1S/C8H19BN4S/c1-8(2,3)10-14-11-9-12(4)6-7-13(9)5/h6-7H2,1-5H3. The summed E-state index contributed by atoms with van der Waals surface area (Å²) in [5.41, 5.74) is -0.0100. The van der Waals surface area contributed by atoms with E-state index >= 15 is 0 Å². The third-order valence-electron chi connectivity index (χ3n) is 2.05. The molecule has 1 aliphatic rings. The second kappa shape index (κ2) is 4.55. The maximum Gasteiger partial charge on any atom is 0.468 e. The minimum atomic E-state index is -0.0100.